The molecule has 0 aliphatic carbocycles. The standard InChI is InChI=1S/C16H17FN2O3S/c1-10-18-9-14(23-10)15(20)19-8-12(16(21)22-2)7-11-3-5-13(17)6-4-11/h3-6,9,12H,7-8H2,1-2H3,(H,19,20)/t12-/m0/s1. The van der Waals surface area contributed by atoms with E-state index in [0.29, 0.717) is 11.3 Å². The van der Waals surface area contributed by atoms with Gasteiger partial charge < -0.3 is 10.1 Å². The van der Waals surface area contributed by atoms with E-state index in [1.165, 1.54) is 36.8 Å². The molecule has 122 valence electrons. The van der Waals surface area contributed by atoms with Gasteiger partial charge in [-0.15, -0.1) is 11.3 Å². The van der Waals surface area contributed by atoms with Crippen LogP contribution in [0.25, 0.3) is 0 Å². The van der Waals surface area contributed by atoms with Gasteiger partial charge in [-0.2, -0.15) is 0 Å². The molecule has 1 heterocycles. The maximum absolute atomic E-state index is 12.9. The summed E-state index contributed by atoms with van der Waals surface area (Å²) in [5, 5.41) is 3.51. The summed E-state index contributed by atoms with van der Waals surface area (Å²) in [6.07, 6.45) is 1.86. The maximum Gasteiger partial charge on any atom is 0.310 e. The van der Waals surface area contributed by atoms with E-state index < -0.39 is 11.9 Å². The van der Waals surface area contributed by atoms with E-state index in [9.17, 15) is 14.0 Å². The molecule has 1 aromatic carbocycles. The number of ether oxygens (including phenoxy) is 1. The first kappa shape index (κ1) is 17.1. The summed E-state index contributed by atoms with van der Waals surface area (Å²) in [5.41, 5.74) is 0.796. The lowest BCUT2D eigenvalue weighted by molar-refractivity contribution is -0.145. The average Bonchev–Trinajstić information content (AvgIpc) is 2.98. The highest BCUT2D eigenvalue weighted by Crippen LogP contribution is 2.13. The van der Waals surface area contributed by atoms with Crippen LogP contribution in [0.5, 0.6) is 0 Å². The molecule has 2 rings (SSSR count). The number of benzene rings is 1. The summed E-state index contributed by atoms with van der Waals surface area (Å²) in [4.78, 5) is 28.4. The van der Waals surface area contributed by atoms with Crippen LogP contribution >= 0.6 is 11.3 Å². The van der Waals surface area contributed by atoms with Crippen molar-refractivity contribution >= 4 is 23.2 Å². The summed E-state index contributed by atoms with van der Waals surface area (Å²) in [5.74, 6) is -1.57. The molecule has 0 saturated carbocycles. The number of amides is 1. The molecule has 0 aliphatic heterocycles. The number of nitrogens with one attached hydrogen (secondary N) is 1. The van der Waals surface area contributed by atoms with Crippen LogP contribution in [0.2, 0.25) is 0 Å². The molecule has 0 bridgehead atoms. The fourth-order valence-corrected chi connectivity index (χ4v) is 2.77. The van der Waals surface area contributed by atoms with Crippen molar-refractivity contribution in [1.82, 2.24) is 10.3 Å². The zero-order valence-corrected chi connectivity index (χ0v) is 13.7. The van der Waals surface area contributed by atoms with Crippen molar-refractivity contribution in [2.24, 2.45) is 5.92 Å². The zero-order chi connectivity index (χ0) is 16.8. The molecule has 5 nitrogen and oxygen atoms in total. The van der Waals surface area contributed by atoms with Gasteiger partial charge in [0.1, 0.15) is 10.7 Å². The predicted molar refractivity (Wildman–Crippen MR) is 84.8 cm³/mol. The highest BCUT2D eigenvalue weighted by molar-refractivity contribution is 7.13. The van der Waals surface area contributed by atoms with Gasteiger partial charge in [0.05, 0.1) is 24.2 Å². The lowest BCUT2D eigenvalue weighted by Gasteiger charge is -2.15. The third-order valence-corrected chi connectivity index (χ3v) is 4.20. The van der Waals surface area contributed by atoms with Gasteiger partial charge >= 0.3 is 5.97 Å². The summed E-state index contributed by atoms with van der Waals surface area (Å²) in [6, 6.07) is 5.89. The van der Waals surface area contributed by atoms with E-state index in [2.05, 4.69) is 10.3 Å². The highest BCUT2D eigenvalue weighted by Gasteiger charge is 2.21. The summed E-state index contributed by atoms with van der Waals surface area (Å²) in [6.45, 7) is 1.95. The molecule has 0 aliphatic rings. The Morgan fingerprint density at radius 3 is 2.61 bits per heavy atom. The molecule has 23 heavy (non-hydrogen) atoms. The van der Waals surface area contributed by atoms with Crippen molar-refractivity contribution in [2.45, 2.75) is 13.3 Å². The monoisotopic (exact) mass is 336 g/mol. The second kappa shape index (κ2) is 7.82. The predicted octanol–water partition coefficient (Wildman–Crippen LogP) is 2.35. The van der Waals surface area contributed by atoms with Crippen LogP contribution < -0.4 is 5.32 Å². The maximum atomic E-state index is 12.9. The molecule has 0 saturated heterocycles. The van der Waals surface area contributed by atoms with Crippen LogP contribution in [0.1, 0.15) is 20.2 Å². The molecule has 0 unspecified atom stereocenters. The van der Waals surface area contributed by atoms with Crippen molar-refractivity contribution in [1.29, 1.82) is 0 Å². The molecule has 1 amide bonds. The number of thiazole rings is 1. The number of aromatic nitrogens is 1. The number of aryl methyl sites for hydroxylation is 1. The number of methoxy groups -OCH3 is 1. The Labute approximate surface area is 137 Å². The molecular formula is C16H17FN2O3S. The van der Waals surface area contributed by atoms with Crippen LogP contribution in [-0.2, 0) is 16.0 Å². The van der Waals surface area contributed by atoms with Crippen molar-refractivity contribution in [3.05, 3.63) is 51.7 Å². The highest BCUT2D eigenvalue weighted by atomic mass is 32.1. The molecule has 7 heteroatoms. The Morgan fingerprint density at radius 2 is 2.04 bits per heavy atom. The Kier molecular flexibility index (Phi) is 5.81. The molecular weight excluding hydrogens is 319 g/mol. The van der Waals surface area contributed by atoms with Crippen molar-refractivity contribution < 1.29 is 18.7 Å². The first-order chi connectivity index (χ1) is 11.0. The Balaban J connectivity index is 1.99. The topological polar surface area (TPSA) is 68.3 Å². The van der Waals surface area contributed by atoms with E-state index in [0.717, 1.165) is 10.6 Å². The van der Waals surface area contributed by atoms with Crippen molar-refractivity contribution in [3.63, 3.8) is 0 Å². The number of halogens is 1. The Bertz CT molecular complexity index is 685. The molecule has 1 aromatic heterocycles. The minimum atomic E-state index is -0.538. The van der Waals surface area contributed by atoms with Crippen LogP contribution in [0.4, 0.5) is 4.39 Å². The number of rotatable bonds is 6. The van der Waals surface area contributed by atoms with Gasteiger partial charge in [-0.05, 0) is 31.0 Å². The van der Waals surface area contributed by atoms with Gasteiger partial charge in [0.15, 0.2) is 0 Å². The van der Waals surface area contributed by atoms with Gasteiger partial charge in [-0.1, -0.05) is 12.1 Å². The normalized spacial score (nSPS) is 11.8. The van der Waals surface area contributed by atoms with Gasteiger partial charge in [-0.25, -0.2) is 9.37 Å². The second-order valence-electron chi connectivity index (χ2n) is 5.00. The first-order valence-electron chi connectivity index (χ1n) is 7.02. The van der Waals surface area contributed by atoms with Gasteiger partial charge in [-0.3, -0.25) is 9.59 Å². The molecule has 0 radical (unpaired) electrons. The quantitative estimate of drug-likeness (QED) is 0.822. The third-order valence-electron chi connectivity index (χ3n) is 3.28. The lowest BCUT2D eigenvalue weighted by atomic mass is 9.99. The summed E-state index contributed by atoms with van der Waals surface area (Å²) >= 11 is 1.29. The van der Waals surface area contributed by atoms with Crippen LogP contribution in [0, 0.1) is 18.7 Å². The molecule has 0 fully saturated rings. The smallest absolute Gasteiger partial charge is 0.310 e. The molecule has 1 atom stereocenters. The second-order valence-corrected chi connectivity index (χ2v) is 6.24. The average molecular weight is 336 g/mol. The number of nitrogens with zero attached hydrogens (tertiary/aromatic N) is 1. The largest absolute Gasteiger partial charge is 0.469 e. The van der Waals surface area contributed by atoms with E-state index >= 15 is 0 Å². The summed E-state index contributed by atoms with van der Waals surface area (Å²) < 4.78 is 17.7. The van der Waals surface area contributed by atoms with Gasteiger partial charge in [0.2, 0.25) is 0 Å². The molecule has 0 spiro atoms. The van der Waals surface area contributed by atoms with Gasteiger partial charge in [0, 0.05) is 6.54 Å². The lowest BCUT2D eigenvalue weighted by Crippen LogP contribution is -2.34. The molecule has 2 aromatic rings. The van der Waals surface area contributed by atoms with E-state index in [1.807, 2.05) is 6.92 Å². The SMILES string of the molecule is COC(=O)[C@H](CNC(=O)c1cnc(C)s1)Cc1ccc(F)cc1. The summed E-state index contributed by atoms with van der Waals surface area (Å²) in [7, 11) is 1.30. The van der Waals surface area contributed by atoms with E-state index in [-0.39, 0.29) is 18.3 Å². The van der Waals surface area contributed by atoms with E-state index in [1.54, 1.807) is 12.1 Å². The number of esters is 1. The van der Waals surface area contributed by atoms with Crippen LogP contribution in [-0.4, -0.2) is 30.5 Å². The fraction of sp³-hybridized carbons (Fsp3) is 0.312. The van der Waals surface area contributed by atoms with E-state index in [4.69, 9.17) is 4.74 Å². The number of carbonyl (C=O) groups is 2. The minimum Gasteiger partial charge on any atom is -0.469 e. The molecule has 1 N–H and O–H groups in total. The minimum absolute atomic E-state index is 0.139. The number of hydrogen-bond donors (Lipinski definition) is 1. The number of hydrogen-bond acceptors (Lipinski definition) is 5. The van der Waals surface area contributed by atoms with Gasteiger partial charge in [0.25, 0.3) is 5.91 Å². The van der Waals surface area contributed by atoms with Crippen molar-refractivity contribution in [2.75, 3.05) is 13.7 Å². The third kappa shape index (κ3) is 4.85. The van der Waals surface area contributed by atoms with Crippen LogP contribution in [0.3, 0.4) is 0 Å². The van der Waals surface area contributed by atoms with Crippen LogP contribution in [0.15, 0.2) is 30.5 Å². The number of carbonyl (C=O) groups excluding carboxylic acids is 2. The fourth-order valence-electron chi connectivity index (χ4n) is 2.08. The van der Waals surface area contributed by atoms with Crippen molar-refractivity contribution in [3.8, 4) is 0 Å². The zero-order valence-electron chi connectivity index (χ0n) is 12.8. The Hall–Kier alpha value is -2.28. The Morgan fingerprint density at radius 1 is 1.35 bits per heavy atom. The first-order valence-corrected chi connectivity index (χ1v) is 7.84.